The van der Waals surface area contributed by atoms with Gasteiger partial charge in [0.05, 0.1) is 16.8 Å². The highest BCUT2D eigenvalue weighted by molar-refractivity contribution is 7.22. The minimum absolute atomic E-state index is 0.0188. The SMILES string of the molecule is O=C(Nc1nn[nH]n1)c1ccc(CN(C(=O)Nc2nc3cc4c(cc3s2)OC(F)(F)C(F)(F)O4)c2ccc(C3=CCCCC3)cc2)cc1. The van der Waals surface area contributed by atoms with E-state index in [0.29, 0.717) is 21.5 Å². The molecule has 0 radical (unpaired) electrons. The van der Waals surface area contributed by atoms with Gasteiger partial charge < -0.3 is 9.47 Å². The molecule has 3 aromatic carbocycles. The molecule has 0 saturated carbocycles. The van der Waals surface area contributed by atoms with Crippen molar-refractivity contribution in [3.8, 4) is 11.5 Å². The highest BCUT2D eigenvalue weighted by atomic mass is 32.1. The van der Waals surface area contributed by atoms with Gasteiger partial charge in [0.1, 0.15) is 0 Å². The lowest BCUT2D eigenvalue weighted by molar-refractivity contribution is -0.391. The first-order chi connectivity index (χ1) is 23.0. The van der Waals surface area contributed by atoms with E-state index < -0.39 is 35.7 Å². The first-order valence-corrected chi connectivity index (χ1v) is 15.5. The van der Waals surface area contributed by atoms with E-state index in [-0.39, 0.29) is 23.1 Å². The van der Waals surface area contributed by atoms with Gasteiger partial charge in [0.25, 0.3) is 11.9 Å². The van der Waals surface area contributed by atoms with Crippen LogP contribution in [0.15, 0.2) is 66.7 Å². The fraction of sp³-hybridized carbons (Fsp3) is 0.226. The summed E-state index contributed by atoms with van der Waals surface area (Å²) in [7, 11) is 0. The third-order valence-corrected chi connectivity index (χ3v) is 8.63. The van der Waals surface area contributed by atoms with Crippen molar-refractivity contribution in [2.45, 2.75) is 44.4 Å². The van der Waals surface area contributed by atoms with E-state index >= 15 is 0 Å². The van der Waals surface area contributed by atoms with Crippen molar-refractivity contribution in [2.24, 2.45) is 0 Å². The maximum absolute atomic E-state index is 13.8. The molecule has 2 aromatic heterocycles. The molecular weight excluding hydrogens is 656 g/mol. The molecule has 0 spiro atoms. The van der Waals surface area contributed by atoms with Gasteiger partial charge >= 0.3 is 18.2 Å². The van der Waals surface area contributed by atoms with Crippen molar-refractivity contribution in [2.75, 3.05) is 15.5 Å². The average molecular weight is 681 g/mol. The van der Waals surface area contributed by atoms with Crippen LogP contribution in [0.3, 0.4) is 0 Å². The third kappa shape index (κ3) is 6.23. The number of hydrogen-bond acceptors (Lipinski definition) is 9. The summed E-state index contributed by atoms with van der Waals surface area (Å²) in [6.45, 7) is 0.0889. The Bertz CT molecular complexity index is 1970. The van der Waals surface area contributed by atoms with Gasteiger partial charge in [-0.25, -0.2) is 9.78 Å². The van der Waals surface area contributed by atoms with Crippen molar-refractivity contribution in [3.63, 3.8) is 0 Å². The summed E-state index contributed by atoms with van der Waals surface area (Å²) in [5.41, 5.74) is 4.02. The summed E-state index contributed by atoms with van der Waals surface area (Å²) in [6.07, 6.45) is -3.26. The number of hydrogen-bond donors (Lipinski definition) is 3. The van der Waals surface area contributed by atoms with Crippen LogP contribution in [0.2, 0.25) is 0 Å². The van der Waals surface area contributed by atoms with E-state index in [1.807, 2.05) is 24.3 Å². The molecule has 3 N–H and O–H groups in total. The molecule has 0 bridgehead atoms. The summed E-state index contributed by atoms with van der Waals surface area (Å²) in [5, 5.41) is 18.4. The molecule has 2 aliphatic rings. The number of halogens is 4. The predicted octanol–water partition coefficient (Wildman–Crippen LogP) is 7.21. The van der Waals surface area contributed by atoms with Crippen LogP contribution in [-0.4, -0.2) is 49.8 Å². The third-order valence-electron chi connectivity index (χ3n) is 7.70. The number of aromatic amines is 1. The van der Waals surface area contributed by atoms with E-state index in [4.69, 9.17) is 0 Å². The smallest absolute Gasteiger partial charge is 0.421 e. The number of amides is 3. The van der Waals surface area contributed by atoms with E-state index in [1.54, 1.807) is 24.3 Å². The molecule has 17 heteroatoms. The number of nitrogens with one attached hydrogen (secondary N) is 3. The van der Waals surface area contributed by atoms with Crippen LogP contribution in [0.5, 0.6) is 11.5 Å². The lowest BCUT2D eigenvalue weighted by atomic mass is 9.93. The maximum atomic E-state index is 13.8. The minimum atomic E-state index is -4.87. The molecule has 0 unspecified atom stereocenters. The standard InChI is InChI=1S/C31H24F4N8O4S/c32-30(33)31(34,35)47-24-15-25-22(14-23(24)46-30)36-28(48-25)38-29(45)43(21-12-10-19(11-13-21)18-4-2-1-3-5-18)16-17-6-8-20(9-7-17)26(44)37-27-39-41-42-40-27/h4,6-15H,1-3,5,16H2,(H,36,38,45)(H2,37,39,40,41,42,44). The van der Waals surface area contributed by atoms with Crippen LogP contribution in [0.25, 0.3) is 15.8 Å². The zero-order chi connectivity index (χ0) is 33.5. The molecule has 7 rings (SSSR count). The number of fused-ring (bicyclic) bond motifs is 2. The first kappa shape index (κ1) is 31.0. The Morgan fingerprint density at radius 1 is 0.938 bits per heavy atom. The average Bonchev–Trinajstić information content (AvgIpc) is 3.73. The highest BCUT2D eigenvalue weighted by Crippen LogP contribution is 2.49. The number of tetrazole rings is 1. The van der Waals surface area contributed by atoms with Gasteiger partial charge in [0, 0.05) is 23.4 Å². The van der Waals surface area contributed by atoms with Crippen LogP contribution in [0, 0.1) is 0 Å². The normalized spacial score (nSPS) is 16.2. The van der Waals surface area contributed by atoms with E-state index in [0.717, 1.165) is 54.7 Å². The lowest BCUT2D eigenvalue weighted by Gasteiger charge is -2.31. The molecule has 3 heterocycles. The number of aromatic nitrogens is 5. The summed E-state index contributed by atoms with van der Waals surface area (Å²) >= 11 is 0.939. The molecule has 0 saturated heterocycles. The van der Waals surface area contributed by atoms with Gasteiger partial charge in [-0.05, 0) is 71.9 Å². The Balaban J connectivity index is 1.14. The number of allylic oxidation sites excluding steroid dienone is 2. The van der Waals surface area contributed by atoms with E-state index in [9.17, 15) is 27.2 Å². The Kier molecular flexibility index (Phi) is 7.90. The molecule has 3 amide bonds. The summed E-state index contributed by atoms with van der Waals surface area (Å²) in [5.74, 6) is -1.62. The number of H-pyrrole nitrogens is 1. The minimum Gasteiger partial charge on any atom is -0.421 e. The second kappa shape index (κ2) is 12.2. The second-order valence-corrected chi connectivity index (χ2v) is 12.0. The van der Waals surface area contributed by atoms with Crippen LogP contribution < -0.4 is 25.0 Å². The zero-order valence-corrected chi connectivity index (χ0v) is 25.5. The number of rotatable bonds is 7. The van der Waals surface area contributed by atoms with Gasteiger partial charge in [-0.2, -0.15) is 22.8 Å². The number of ether oxygens (including phenoxy) is 2. The molecule has 1 aliphatic carbocycles. The number of urea groups is 1. The largest absolute Gasteiger partial charge is 0.507 e. The molecule has 1 aliphatic heterocycles. The van der Waals surface area contributed by atoms with Gasteiger partial charge in [0.15, 0.2) is 16.6 Å². The number of benzene rings is 3. The Morgan fingerprint density at radius 3 is 2.33 bits per heavy atom. The lowest BCUT2D eigenvalue weighted by Crippen LogP contribution is -2.52. The molecule has 0 fully saturated rings. The highest BCUT2D eigenvalue weighted by Gasteiger charge is 2.66. The number of anilines is 3. The van der Waals surface area contributed by atoms with Crippen molar-refractivity contribution in [1.29, 1.82) is 0 Å². The number of nitrogens with zero attached hydrogens (tertiary/aromatic N) is 5. The molecule has 0 atom stereocenters. The molecular formula is C31H24F4N8O4S. The molecule has 48 heavy (non-hydrogen) atoms. The van der Waals surface area contributed by atoms with Crippen LogP contribution in [0.1, 0.15) is 47.2 Å². The molecule has 246 valence electrons. The van der Waals surface area contributed by atoms with Gasteiger partial charge in [0.2, 0.25) is 0 Å². The second-order valence-electron chi connectivity index (χ2n) is 10.9. The van der Waals surface area contributed by atoms with Crippen LogP contribution >= 0.6 is 11.3 Å². The summed E-state index contributed by atoms with van der Waals surface area (Å²) < 4.78 is 63.7. The monoisotopic (exact) mass is 680 g/mol. The number of carbonyl (C=O) groups is 2. The summed E-state index contributed by atoms with van der Waals surface area (Å²) in [4.78, 5) is 32.1. The van der Waals surface area contributed by atoms with Gasteiger partial charge in [-0.1, -0.05) is 46.8 Å². The van der Waals surface area contributed by atoms with Crippen LogP contribution in [-0.2, 0) is 6.54 Å². The van der Waals surface area contributed by atoms with Crippen molar-refractivity contribution < 1.29 is 36.6 Å². The first-order valence-electron chi connectivity index (χ1n) is 14.6. The zero-order valence-electron chi connectivity index (χ0n) is 24.7. The maximum Gasteiger partial charge on any atom is 0.507 e. The molecule has 5 aromatic rings. The van der Waals surface area contributed by atoms with Crippen molar-refractivity contribution in [1.82, 2.24) is 25.6 Å². The van der Waals surface area contributed by atoms with E-state index in [2.05, 4.69) is 51.8 Å². The fourth-order valence-electron chi connectivity index (χ4n) is 5.27. The summed E-state index contributed by atoms with van der Waals surface area (Å²) in [6, 6.07) is 15.7. The topological polar surface area (TPSA) is 147 Å². The quantitative estimate of drug-likeness (QED) is 0.153. The molecule has 12 nitrogen and oxygen atoms in total. The fourth-order valence-corrected chi connectivity index (χ4v) is 6.14. The predicted molar refractivity (Wildman–Crippen MR) is 167 cm³/mol. The van der Waals surface area contributed by atoms with Crippen LogP contribution in [0.4, 0.5) is 39.1 Å². The van der Waals surface area contributed by atoms with Crippen molar-refractivity contribution >= 4 is 55.8 Å². The number of thiazole rings is 1. The van der Waals surface area contributed by atoms with Gasteiger partial charge in [-0.3, -0.25) is 20.3 Å². The Morgan fingerprint density at radius 2 is 1.67 bits per heavy atom. The van der Waals surface area contributed by atoms with Crippen molar-refractivity contribution in [3.05, 3.63) is 83.4 Å². The van der Waals surface area contributed by atoms with E-state index in [1.165, 1.54) is 10.5 Å². The van der Waals surface area contributed by atoms with Gasteiger partial charge in [-0.15, -0.1) is 5.10 Å². The Labute approximate surface area is 272 Å². The number of alkyl halides is 4. The Hall–Kier alpha value is -5.58. The number of carbonyl (C=O) groups excluding carboxylic acids is 2.